The van der Waals surface area contributed by atoms with Crippen molar-refractivity contribution in [2.75, 3.05) is 6.54 Å². The van der Waals surface area contributed by atoms with Crippen LogP contribution in [-0.2, 0) is 26.2 Å². The van der Waals surface area contributed by atoms with Gasteiger partial charge in [-0.15, -0.1) is 0 Å². The number of aryl methyl sites for hydroxylation is 1. The highest BCUT2D eigenvalue weighted by atomic mass is 32.2. The minimum Gasteiger partial charge on any atom is -0.352 e. The van der Waals surface area contributed by atoms with Crippen LogP contribution in [0.15, 0.2) is 53.4 Å². The normalized spacial score (nSPS) is 15.1. The molecule has 0 saturated heterocycles. The van der Waals surface area contributed by atoms with Gasteiger partial charge in [-0.1, -0.05) is 48.9 Å². The smallest absolute Gasteiger partial charge is 0.269 e. The van der Waals surface area contributed by atoms with Gasteiger partial charge >= 0.3 is 0 Å². The van der Waals surface area contributed by atoms with Gasteiger partial charge in [-0.25, -0.2) is 12.7 Å². The standard InChI is InChI=1S/C26H33N3O5S/c1-5-22(25(31)27-18(2)3)28(17-20-14-12-19(4)13-15-20)24(30)11-8-16-29-26(32)21-9-6-7-10-23(21)35(29,33)34/h6-7,9-10,12-15,18,22H,5,8,11,16-17H2,1-4H3,(H,27,31)/t22-/m1/s1. The number of sulfonamides is 1. The van der Waals surface area contributed by atoms with Crippen molar-refractivity contribution in [2.45, 2.75) is 70.5 Å². The average Bonchev–Trinajstić information content (AvgIpc) is 3.00. The number of nitrogens with zero attached hydrogens (tertiary/aromatic N) is 2. The number of amides is 3. The molecule has 1 atom stereocenters. The molecule has 35 heavy (non-hydrogen) atoms. The first-order valence-corrected chi connectivity index (χ1v) is 13.3. The van der Waals surface area contributed by atoms with E-state index in [1.165, 1.54) is 12.1 Å². The van der Waals surface area contributed by atoms with E-state index in [9.17, 15) is 22.8 Å². The first-order valence-electron chi connectivity index (χ1n) is 11.9. The molecule has 0 bridgehead atoms. The van der Waals surface area contributed by atoms with E-state index in [0.29, 0.717) is 6.42 Å². The lowest BCUT2D eigenvalue weighted by molar-refractivity contribution is -0.141. The molecule has 3 amide bonds. The van der Waals surface area contributed by atoms with Crippen molar-refractivity contribution in [2.24, 2.45) is 0 Å². The number of hydrogen-bond donors (Lipinski definition) is 1. The van der Waals surface area contributed by atoms with Crippen LogP contribution < -0.4 is 5.32 Å². The first-order chi connectivity index (χ1) is 16.6. The van der Waals surface area contributed by atoms with Crippen molar-refractivity contribution in [3.05, 3.63) is 65.2 Å². The molecule has 1 aliphatic heterocycles. The summed E-state index contributed by atoms with van der Waals surface area (Å²) in [6, 6.07) is 13.1. The molecule has 1 aliphatic rings. The SMILES string of the molecule is CC[C@H](C(=O)NC(C)C)N(Cc1ccc(C)cc1)C(=O)CCCN1C(=O)c2ccccc2S1(=O)=O. The summed E-state index contributed by atoms with van der Waals surface area (Å²) < 4.78 is 26.4. The van der Waals surface area contributed by atoms with Crippen LogP contribution in [0.5, 0.6) is 0 Å². The Morgan fingerprint density at radius 3 is 2.31 bits per heavy atom. The third-order valence-corrected chi connectivity index (χ3v) is 7.79. The Balaban J connectivity index is 1.74. The predicted molar refractivity (Wildman–Crippen MR) is 133 cm³/mol. The molecule has 8 nitrogen and oxygen atoms in total. The average molecular weight is 500 g/mol. The van der Waals surface area contributed by atoms with Gasteiger partial charge in [0.25, 0.3) is 15.9 Å². The third-order valence-electron chi connectivity index (χ3n) is 5.95. The van der Waals surface area contributed by atoms with E-state index in [1.54, 1.807) is 17.0 Å². The van der Waals surface area contributed by atoms with Crippen LogP contribution in [-0.4, -0.2) is 54.0 Å². The molecule has 0 saturated carbocycles. The van der Waals surface area contributed by atoms with Gasteiger partial charge in [0.2, 0.25) is 11.8 Å². The second-order valence-electron chi connectivity index (χ2n) is 9.08. The van der Waals surface area contributed by atoms with Crippen LogP contribution in [0, 0.1) is 6.92 Å². The molecule has 1 N–H and O–H groups in total. The topological polar surface area (TPSA) is 104 Å². The molecule has 0 aliphatic carbocycles. The van der Waals surface area contributed by atoms with Gasteiger partial charge < -0.3 is 10.2 Å². The molecule has 0 radical (unpaired) electrons. The fourth-order valence-corrected chi connectivity index (χ4v) is 5.77. The zero-order valence-electron chi connectivity index (χ0n) is 20.7. The summed E-state index contributed by atoms with van der Waals surface area (Å²) >= 11 is 0. The van der Waals surface area contributed by atoms with Crippen LogP contribution in [0.2, 0.25) is 0 Å². The maximum absolute atomic E-state index is 13.3. The second kappa shape index (κ2) is 11.0. The number of carbonyl (C=O) groups excluding carboxylic acids is 3. The zero-order valence-corrected chi connectivity index (χ0v) is 21.5. The van der Waals surface area contributed by atoms with Crippen molar-refractivity contribution in [1.82, 2.24) is 14.5 Å². The molecule has 0 unspecified atom stereocenters. The quantitative estimate of drug-likeness (QED) is 0.540. The molecule has 0 spiro atoms. The Morgan fingerprint density at radius 1 is 1.06 bits per heavy atom. The van der Waals surface area contributed by atoms with Crippen LogP contribution in [0.25, 0.3) is 0 Å². The van der Waals surface area contributed by atoms with Crippen LogP contribution >= 0.6 is 0 Å². The Labute approximate surface area is 207 Å². The molecule has 3 rings (SSSR count). The van der Waals surface area contributed by atoms with Gasteiger partial charge in [-0.05, 0) is 51.3 Å². The highest BCUT2D eigenvalue weighted by Gasteiger charge is 2.40. The number of fused-ring (bicyclic) bond motifs is 1. The number of carbonyl (C=O) groups is 3. The van der Waals surface area contributed by atoms with Gasteiger partial charge in [0.15, 0.2) is 0 Å². The summed E-state index contributed by atoms with van der Waals surface area (Å²) in [5.74, 6) is -1.07. The largest absolute Gasteiger partial charge is 0.352 e. The van der Waals surface area contributed by atoms with Crippen LogP contribution in [0.3, 0.4) is 0 Å². The zero-order chi connectivity index (χ0) is 25.8. The van der Waals surface area contributed by atoms with Gasteiger partial charge in [-0.3, -0.25) is 14.4 Å². The molecule has 188 valence electrons. The maximum atomic E-state index is 13.3. The highest BCUT2D eigenvalue weighted by molar-refractivity contribution is 7.90. The van der Waals surface area contributed by atoms with E-state index in [4.69, 9.17) is 0 Å². The van der Waals surface area contributed by atoms with Gasteiger partial charge in [0.1, 0.15) is 10.9 Å². The number of rotatable bonds is 10. The molecule has 2 aromatic rings. The molecule has 0 aromatic heterocycles. The summed E-state index contributed by atoms with van der Waals surface area (Å²) in [6.07, 6.45) is 0.599. The highest BCUT2D eigenvalue weighted by Crippen LogP contribution is 2.30. The van der Waals surface area contributed by atoms with Crippen molar-refractivity contribution in [3.63, 3.8) is 0 Å². The van der Waals surface area contributed by atoms with Crippen LogP contribution in [0.4, 0.5) is 0 Å². The first kappa shape index (κ1) is 26.4. The lowest BCUT2D eigenvalue weighted by Crippen LogP contribution is -2.50. The number of benzene rings is 2. The van der Waals surface area contributed by atoms with E-state index in [0.717, 1.165) is 15.4 Å². The summed E-state index contributed by atoms with van der Waals surface area (Å²) in [5.41, 5.74) is 2.14. The van der Waals surface area contributed by atoms with Crippen molar-refractivity contribution in [3.8, 4) is 0 Å². The van der Waals surface area contributed by atoms with Crippen molar-refractivity contribution >= 4 is 27.7 Å². The molecule has 0 fully saturated rings. The summed E-state index contributed by atoms with van der Waals surface area (Å²) in [6.45, 7) is 7.71. The molecule has 9 heteroatoms. The van der Waals surface area contributed by atoms with E-state index < -0.39 is 22.0 Å². The molecular weight excluding hydrogens is 466 g/mol. The third kappa shape index (κ3) is 5.90. The molecular formula is C26H33N3O5S. The molecule has 1 heterocycles. The minimum absolute atomic E-state index is 0.00581. The Morgan fingerprint density at radius 2 is 1.71 bits per heavy atom. The Bertz CT molecular complexity index is 1190. The monoisotopic (exact) mass is 499 g/mol. The van der Waals surface area contributed by atoms with E-state index in [-0.39, 0.29) is 54.2 Å². The molecule has 2 aromatic carbocycles. The maximum Gasteiger partial charge on any atom is 0.269 e. The van der Waals surface area contributed by atoms with E-state index >= 15 is 0 Å². The van der Waals surface area contributed by atoms with Gasteiger partial charge in [0.05, 0.1) is 5.56 Å². The fourth-order valence-electron chi connectivity index (χ4n) is 4.16. The Kier molecular flexibility index (Phi) is 8.32. The van der Waals surface area contributed by atoms with Gasteiger partial charge in [-0.2, -0.15) is 0 Å². The lowest BCUT2D eigenvalue weighted by Gasteiger charge is -2.31. The summed E-state index contributed by atoms with van der Waals surface area (Å²) in [4.78, 5) is 40.4. The summed E-state index contributed by atoms with van der Waals surface area (Å²) in [7, 11) is -3.92. The van der Waals surface area contributed by atoms with Crippen LogP contribution in [0.1, 0.15) is 61.5 Å². The Hall–Kier alpha value is -3.20. The van der Waals surface area contributed by atoms with Gasteiger partial charge in [0, 0.05) is 25.6 Å². The second-order valence-corrected chi connectivity index (χ2v) is 10.9. The summed E-state index contributed by atoms with van der Waals surface area (Å²) in [5, 5.41) is 2.89. The number of nitrogens with one attached hydrogen (secondary N) is 1. The van der Waals surface area contributed by atoms with E-state index in [1.807, 2.05) is 52.0 Å². The van der Waals surface area contributed by atoms with E-state index in [2.05, 4.69) is 5.32 Å². The van der Waals surface area contributed by atoms with Crippen molar-refractivity contribution < 1.29 is 22.8 Å². The number of hydrogen-bond acceptors (Lipinski definition) is 5. The predicted octanol–water partition coefficient (Wildman–Crippen LogP) is 3.25. The van der Waals surface area contributed by atoms with Crippen molar-refractivity contribution in [1.29, 1.82) is 0 Å². The minimum atomic E-state index is -3.92. The lowest BCUT2D eigenvalue weighted by atomic mass is 10.1. The fraction of sp³-hybridized carbons (Fsp3) is 0.423.